The Bertz CT molecular complexity index is 621. The molecule has 1 saturated heterocycles. The van der Waals surface area contributed by atoms with E-state index in [0.717, 1.165) is 54.0 Å². The molecule has 0 amide bonds. The zero-order valence-corrected chi connectivity index (χ0v) is 14.2. The Morgan fingerprint density at radius 1 is 1.27 bits per heavy atom. The Labute approximate surface area is 135 Å². The second-order valence-corrected chi connectivity index (χ2v) is 6.36. The number of morpholine rings is 1. The maximum atomic E-state index is 5.91. The second-order valence-electron chi connectivity index (χ2n) is 5.47. The van der Waals surface area contributed by atoms with Crippen molar-refractivity contribution in [2.75, 3.05) is 24.6 Å². The summed E-state index contributed by atoms with van der Waals surface area (Å²) in [7, 11) is 0. The molecular weight excluding hydrogens is 296 g/mol. The van der Waals surface area contributed by atoms with Crippen molar-refractivity contribution in [1.82, 2.24) is 15.0 Å². The lowest BCUT2D eigenvalue weighted by atomic mass is 10.2. The van der Waals surface area contributed by atoms with E-state index in [1.54, 1.807) is 11.3 Å². The van der Waals surface area contributed by atoms with Crippen LogP contribution in [-0.2, 0) is 17.6 Å². The highest BCUT2D eigenvalue weighted by Gasteiger charge is 2.25. The summed E-state index contributed by atoms with van der Waals surface area (Å²) in [4.78, 5) is 16.1. The first kappa shape index (κ1) is 15.4. The van der Waals surface area contributed by atoms with Gasteiger partial charge in [-0.3, -0.25) is 0 Å². The Hall–Kier alpha value is -1.53. The summed E-state index contributed by atoms with van der Waals surface area (Å²) >= 11 is 1.67. The van der Waals surface area contributed by atoms with Crippen molar-refractivity contribution >= 4 is 17.2 Å². The minimum atomic E-state index is 0.0394. The number of hydrogen-bond acceptors (Lipinski definition) is 6. The molecule has 2 aromatic rings. The van der Waals surface area contributed by atoms with Gasteiger partial charge in [-0.1, -0.05) is 13.8 Å². The fourth-order valence-electron chi connectivity index (χ4n) is 2.56. The molecular formula is C16H22N4OS. The average Bonchev–Trinajstić information content (AvgIpc) is 3.01. The highest BCUT2D eigenvalue weighted by molar-refractivity contribution is 7.09. The molecule has 1 unspecified atom stereocenters. The largest absolute Gasteiger partial charge is 0.367 e. The van der Waals surface area contributed by atoms with Crippen LogP contribution in [0.3, 0.4) is 0 Å². The highest BCUT2D eigenvalue weighted by Crippen LogP contribution is 2.27. The molecule has 1 aliphatic rings. The molecule has 1 fully saturated rings. The smallest absolute Gasteiger partial charge is 0.132 e. The summed E-state index contributed by atoms with van der Waals surface area (Å²) in [6.45, 7) is 8.62. The maximum Gasteiger partial charge on any atom is 0.132 e. The van der Waals surface area contributed by atoms with Crippen molar-refractivity contribution in [3.63, 3.8) is 0 Å². The Balaban J connectivity index is 1.82. The van der Waals surface area contributed by atoms with Crippen molar-refractivity contribution < 1.29 is 4.74 Å². The van der Waals surface area contributed by atoms with Gasteiger partial charge in [-0.05, 0) is 13.3 Å². The molecule has 0 aromatic carbocycles. The summed E-state index contributed by atoms with van der Waals surface area (Å²) in [6.07, 6.45) is 1.83. The standard InChI is InChI=1S/C16H22N4OS/c1-4-12-8-15(19-14(5-2)18-12)20-6-7-21-13(9-20)16-17-11(3)10-22-16/h8,10,13H,4-7,9H2,1-3H3. The van der Waals surface area contributed by atoms with E-state index in [4.69, 9.17) is 9.72 Å². The first-order valence-electron chi connectivity index (χ1n) is 7.85. The van der Waals surface area contributed by atoms with Crippen LogP contribution in [0.2, 0.25) is 0 Å². The normalized spacial score (nSPS) is 18.7. The van der Waals surface area contributed by atoms with Gasteiger partial charge in [0.2, 0.25) is 0 Å². The number of ether oxygens (including phenoxy) is 1. The summed E-state index contributed by atoms with van der Waals surface area (Å²) < 4.78 is 5.91. The third kappa shape index (κ3) is 3.28. The molecule has 118 valence electrons. The first-order chi connectivity index (χ1) is 10.7. The van der Waals surface area contributed by atoms with Gasteiger partial charge < -0.3 is 9.64 Å². The van der Waals surface area contributed by atoms with Crippen LogP contribution in [0.1, 0.15) is 42.2 Å². The number of nitrogens with zero attached hydrogens (tertiary/aromatic N) is 4. The van der Waals surface area contributed by atoms with Crippen LogP contribution in [0.4, 0.5) is 5.82 Å². The van der Waals surface area contributed by atoms with Crippen LogP contribution in [0.25, 0.3) is 0 Å². The highest BCUT2D eigenvalue weighted by atomic mass is 32.1. The molecule has 5 nitrogen and oxygen atoms in total. The number of aromatic nitrogens is 3. The third-order valence-corrected chi connectivity index (χ3v) is 4.85. The van der Waals surface area contributed by atoms with Crippen LogP contribution in [-0.4, -0.2) is 34.6 Å². The average molecular weight is 318 g/mol. The summed E-state index contributed by atoms with van der Waals surface area (Å²) in [5, 5.41) is 3.13. The van der Waals surface area contributed by atoms with Crippen LogP contribution >= 0.6 is 11.3 Å². The molecule has 1 aliphatic heterocycles. The molecule has 0 spiro atoms. The van der Waals surface area contributed by atoms with Crippen molar-refractivity contribution in [2.24, 2.45) is 0 Å². The molecule has 0 aliphatic carbocycles. The summed E-state index contributed by atoms with van der Waals surface area (Å²) in [5.74, 6) is 1.94. The zero-order valence-electron chi connectivity index (χ0n) is 13.4. The Morgan fingerprint density at radius 2 is 2.14 bits per heavy atom. The Kier molecular flexibility index (Phi) is 4.69. The number of thiazole rings is 1. The molecule has 6 heteroatoms. The van der Waals surface area contributed by atoms with Crippen molar-refractivity contribution in [3.05, 3.63) is 33.7 Å². The van der Waals surface area contributed by atoms with Gasteiger partial charge in [0.05, 0.1) is 13.2 Å². The van der Waals surface area contributed by atoms with Crippen molar-refractivity contribution in [1.29, 1.82) is 0 Å². The molecule has 3 heterocycles. The van der Waals surface area contributed by atoms with Gasteiger partial charge in [-0.2, -0.15) is 0 Å². The van der Waals surface area contributed by atoms with Gasteiger partial charge in [0.1, 0.15) is 22.8 Å². The van der Waals surface area contributed by atoms with Crippen molar-refractivity contribution in [3.8, 4) is 0 Å². The van der Waals surface area contributed by atoms with Crippen LogP contribution in [0.15, 0.2) is 11.4 Å². The molecule has 0 saturated carbocycles. The van der Waals surface area contributed by atoms with Gasteiger partial charge >= 0.3 is 0 Å². The molecule has 1 atom stereocenters. The summed E-state index contributed by atoms with van der Waals surface area (Å²) in [6, 6.07) is 2.11. The van der Waals surface area contributed by atoms with Crippen LogP contribution < -0.4 is 4.90 Å². The first-order valence-corrected chi connectivity index (χ1v) is 8.73. The Morgan fingerprint density at radius 3 is 2.82 bits per heavy atom. The van der Waals surface area contributed by atoms with Crippen LogP contribution in [0.5, 0.6) is 0 Å². The van der Waals surface area contributed by atoms with Gasteiger partial charge in [0.25, 0.3) is 0 Å². The predicted molar refractivity (Wildman–Crippen MR) is 88.5 cm³/mol. The molecule has 3 rings (SSSR count). The molecule has 0 N–H and O–H groups in total. The lowest BCUT2D eigenvalue weighted by molar-refractivity contribution is 0.0393. The zero-order chi connectivity index (χ0) is 15.5. The van der Waals surface area contributed by atoms with E-state index < -0.39 is 0 Å². The number of anilines is 1. The van der Waals surface area contributed by atoms with E-state index in [0.29, 0.717) is 6.61 Å². The molecule has 0 bridgehead atoms. The number of rotatable bonds is 4. The quantitative estimate of drug-likeness (QED) is 0.867. The number of aryl methyl sites for hydroxylation is 3. The van der Waals surface area contributed by atoms with E-state index in [2.05, 4.69) is 40.2 Å². The monoisotopic (exact) mass is 318 g/mol. The number of hydrogen-bond donors (Lipinski definition) is 0. The minimum absolute atomic E-state index is 0.0394. The van der Waals surface area contributed by atoms with Gasteiger partial charge in [-0.25, -0.2) is 15.0 Å². The maximum absolute atomic E-state index is 5.91. The van der Waals surface area contributed by atoms with Gasteiger partial charge in [0, 0.05) is 35.8 Å². The van der Waals surface area contributed by atoms with E-state index >= 15 is 0 Å². The topological polar surface area (TPSA) is 51.1 Å². The van der Waals surface area contributed by atoms with Crippen molar-refractivity contribution in [2.45, 2.75) is 39.7 Å². The van der Waals surface area contributed by atoms with Crippen LogP contribution in [0, 0.1) is 6.92 Å². The third-order valence-electron chi connectivity index (χ3n) is 3.79. The predicted octanol–water partition coefficient (Wildman–Crippen LogP) is 2.94. The van der Waals surface area contributed by atoms with Gasteiger partial charge in [-0.15, -0.1) is 11.3 Å². The summed E-state index contributed by atoms with van der Waals surface area (Å²) in [5.41, 5.74) is 2.17. The lowest BCUT2D eigenvalue weighted by Crippen LogP contribution is -2.39. The molecule has 0 radical (unpaired) electrons. The van der Waals surface area contributed by atoms with E-state index in [-0.39, 0.29) is 6.10 Å². The van der Waals surface area contributed by atoms with E-state index in [1.807, 2.05) is 6.92 Å². The van der Waals surface area contributed by atoms with Gasteiger partial charge in [0.15, 0.2) is 0 Å². The molecule has 2 aromatic heterocycles. The lowest BCUT2D eigenvalue weighted by Gasteiger charge is -2.33. The fraction of sp³-hybridized carbons (Fsp3) is 0.562. The van der Waals surface area contributed by atoms with E-state index in [1.165, 1.54) is 0 Å². The SMILES string of the molecule is CCc1cc(N2CCOC(c3nc(C)cs3)C2)nc(CC)n1. The van der Waals surface area contributed by atoms with E-state index in [9.17, 15) is 0 Å². The second kappa shape index (κ2) is 6.71. The molecule has 22 heavy (non-hydrogen) atoms. The fourth-order valence-corrected chi connectivity index (χ4v) is 3.40. The minimum Gasteiger partial charge on any atom is -0.367 e.